The number of carbonyl (C=O) groups excluding carboxylic acids is 1. The van der Waals surface area contributed by atoms with Crippen molar-refractivity contribution in [1.29, 1.82) is 0 Å². The first-order valence-electron chi connectivity index (χ1n) is 8.36. The number of unbranched alkanes of at least 4 members (excludes halogenated alkanes) is 5. The molecule has 0 aliphatic heterocycles. The van der Waals surface area contributed by atoms with Gasteiger partial charge in [0.15, 0.2) is 5.96 Å². The average Bonchev–Trinajstić information content (AvgIpc) is 2.41. The van der Waals surface area contributed by atoms with Crippen LogP contribution in [0.2, 0.25) is 0 Å². The second kappa shape index (κ2) is 14.8. The minimum Gasteiger partial charge on any atom is -0.444 e. The summed E-state index contributed by atoms with van der Waals surface area (Å²) in [6, 6.07) is 0. The number of rotatable bonds is 10. The van der Waals surface area contributed by atoms with E-state index in [0.29, 0.717) is 19.0 Å². The fraction of sp³-hybridized carbons (Fsp3) is 0.875. The van der Waals surface area contributed by atoms with Crippen LogP contribution in [0.3, 0.4) is 0 Å². The Morgan fingerprint density at radius 2 is 1.61 bits per heavy atom. The van der Waals surface area contributed by atoms with Crippen molar-refractivity contribution in [3.05, 3.63) is 0 Å². The predicted molar refractivity (Wildman–Crippen MR) is 108 cm³/mol. The van der Waals surface area contributed by atoms with E-state index in [1.807, 2.05) is 20.8 Å². The van der Waals surface area contributed by atoms with Crippen molar-refractivity contribution in [3.8, 4) is 0 Å². The molecule has 0 radical (unpaired) electrons. The Morgan fingerprint density at radius 1 is 1.04 bits per heavy atom. The van der Waals surface area contributed by atoms with Crippen LogP contribution < -0.4 is 16.4 Å². The number of nitrogens with zero attached hydrogens (tertiary/aromatic N) is 1. The second-order valence-electron chi connectivity index (χ2n) is 6.39. The Labute approximate surface area is 158 Å². The SMILES string of the molecule is CCCCCCCCN=C(N)NCCNC(=O)OC(C)(C)C.I. The fourth-order valence-corrected chi connectivity index (χ4v) is 1.82. The van der Waals surface area contributed by atoms with Crippen molar-refractivity contribution in [1.82, 2.24) is 10.6 Å². The molecule has 0 aromatic heterocycles. The van der Waals surface area contributed by atoms with Crippen LogP contribution in [0, 0.1) is 0 Å². The molecule has 0 aliphatic carbocycles. The third-order valence-electron chi connectivity index (χ3n) is 2.89. The number of ether oxygens (including phenoxy) is 1. The van der Waals surface area contributed by atoms with Gasteiger partial charge in [-0.15, -0.1) is 24.0 Å². The third kappa shape index (κ3) is 19.2. The molecule has 6 nitrogen and oxygen atoms in total. The Morgan fingerprint density at radius 3 is 2.22 bits per heavy atom. The summed E-state index contributed by atoms with van der Waals surface area (Å²) in [5, 5.41) is 5.63. The van der Waals surface area contributed by atoms with Crippen molar-refractivity contribution in [2.45, 2.75) is 71.8 Å². The summed E-state index contributed by atoms with van der Waals surface area (Å²) in [4.78, 5) is 15.7. The van der Waals surface area contributed by atoms with E-state index < -0.39 is 11.7 Å². The lowest BCUT2D eigenvalue weighted by Crippen LogP contribution is -2.40. The summed E-state index contributed by atoms with van der Waals surface area (Å²) in [6.07, 6.45) is 7.03. The maximum atomic E-state index is 11.4. The smallest absolute Gasteiger partial charge is 0.407 e. The minimum absolute atomic E-state index is 0. The van der Waals surface area contributed by atoms with Crippen molar-refractivity contribution >= 4 is 36.0 Å². The zero-order valence-electron chi connectivity index (χ0n) is 15.1. The van der Waals surface area contributed by atoms with Gasteiger partial charge >= 0.3 is 6.09 Å². The molecule has 0 saturated carbocycles. The summed E-state index contributed by atoms with van der Waals surface area (Å²) in [7, 11) is 0. The number of alkyl carbamates (subject to hydrolysis) is 1. The summed E-state index contributed by atoms with van der Waals surface area (Å²) in [5.74, 6) is 0.430. The molecule has 138 valence electrons. The van der Waals surface area contributed by atoms with Gasteiger partial charge in [0.05, 0.1) is 0 Å². The molecule has 0 aromatic carbocycles. The van der Waals surface area contributed by atoms with Crippen molar-refractivity contribution < 1.29 is 9.53 Å². The summed E-state index contributed by atoms with van der Waals surface area (Å²) < 4.78 is 5.13. The van der Waals surface area contributed by atoms with Gasteiger partial charge in [-0.3, -0.25) is 4.99 Å². The molecule has 0 aliphatic rings. The topological polar surface area (TPSA) is 88.7 Å². The Balaban J connectivity index is 0. The van der Waals surface area contributed by atoms with Gasteiger partial charge in [-0.05, 0) is 27.2 Å². The summed E-state index contributed by atoms with van der Waals surface area (Å²) in [6.45, 7) is 9.44. The number of nitrogens with one attached hydrogen (secondary N) is 2. The largest absolute Gasteiger partial charge is 0.444 e. The molecule has 1 amide bonds. The number of nitrogens with two attached hydrogens (primary N) is 1. The van der Waals surface area contributed by atoms with E-state index in [2.05, 4.69) is 22.5 Å². The first kappa shape index (κ1) is 24.5. The number of hydrogen-bond donors (Lipinski definition) is 3. The van der Waals surface area contributed by atoms with Crippen LogP contribution in [0.1, 0.15) is 66.2 Å². The first-order chi connectivity index (χ1) is 10.3. The maximum Gasteiger partial charge on any atom is 0.407 e. The number of guanidine groups is 1. The van der Waals surface area contributed by atoms with Crippen molar-refractivity contribution in [3.63, 3.8) is 0 Å². The monoisotopic (exact) mass is 442 g/mol. The molecule has 0 atom stereocenters. The fourth-order valence-electron chi connectivity index (χ4n) is 1.82. The predicted octanol–water partition coefficient (Wildman–Crippen LogP) is 3.39. The van der Waals surface area contributed by atoms with Crippen LogP contribution in [0.25, 0.3) is 0 Å². The Hall–Kier alpha value is -0.730. The lowest BCUT2D eigenvalue weighted by atomic mass is 10.1. The molecule has 0 heterocycles. The highest BCUT2D eigenvalue weighted by molar-refractivity contribution is 14.0. The minimum atomic E-state index is -0.477. The lowest BCUT2D eigenvalue weighted by Gasteiger charge is -2.19. The van der Waals surface area contributed by atoms with Crippen LogP contribution in [-0.4, -0.2) is 37.3 Å². The summed E-state index contributed by atoms with van der Waals surface area (Å²) in [5.41, 5.74) is 5.27. The van der Waals surface area contributed by atoms with E-state index in [1.165, 1.54) is 32.1 Å². The number of halogens is 1. The second-order valence-corrected chi connectivity index (χ2v) is 6.39. The van der Waals surface area contributed by atoms with Crippen LogP contribution in [0.5, 0.6) is 0 Å². The molecule has 0 saturated heterocycles. The zero-order chi connectivity index (χ0) is 16.8. The molecule has 0 rings (SSSR count). The van der Waals surface area contributed by atoms with Gasteiger partial charge in [0, 0.05) is 19.6 Å². The Bertz CT molecular complexity index is 331. The molecule has 23 heavy (non-hydrogen) atoms. The molecular weight excluding hydrogens is 407 g/mol. The molecule has 7 heteroatoms. The molecule has 0 unspecified atom stereocenters. The molecule has 4 N–H and O–H groups in total. The summed E-state index contributed by atoms with van der Waals surface area (Å²) >= 11 is 0. The molecular formula is C16H35IN4O2. The van der Waals surface area contributed by atoms with Gasteiger partial charge in [0.2, 0.25) is 0 Å². The van der Waals surface area contributed by atoms with Crippen molar-refractivity contribution in [2.24, 2.45) is 10.7 Å². The van der Waals surface area contributed by atoms with E-state index in [9.17, 15) is 4.79 Å². The highest BCUT2D eigenvalue weighted by Gasteiger charge is 2.15. The standard InChI is InChI=1S/C16H34N4O2.HI/c1-5-6-7-8-9-10-11-18-14(17)19-12-13-20-15(21)22-16(2,3)4;/h5-13H2,1-4H3,(H,20,21)(H3,17,18,19);1H. The lowest BCUT2D eigenvalue weighted by molar-refractivity contribution is 0.0529. The van der Waals surface area contributed by atoms with Gasteiger partial charge in [0.25, 0.3) is 0 Å². The van der Waals surface area contributed by atoms with Crippen LogP contribution in [-0.2, 0) is 4.74 Å². The van der Waals surface area contributed by atoms with Crippen LogP contribution in [0.4, 0.5) is 4.79 Å². The van der Waals surface area contributed by atoms with E-state index in [1.54, 1.807) is 0 Å². The average molecular weight is 442 g/mol. The molecule has 0 bridgehead atoms. The Kier molecular flexibility index (Phi) is 15.8. The van der Waals surface area contributed by atoms with Crippen LogP contribution >= 0.6 is 24.0 Å². The molecule has 0 fully saturated rings. The first-order valence-corrected chi connectivity index (χ1v) is 8.36. The van der Waals surface area contributed by atoms with Gasteiger partial charge in [-0.1, -0.05) is 39.0 Å². The van der Waals surface area contributed by atoms with E-state index in [0.717, 1.165) is 13.0 Å². The normalized spacial score (nSPS) is 11.6. The quantitative estimate of drug-likeness (QED) is 0.209. The van der Waals surface area contributed by atoms with Gasteiger partial charge in [-0.25, -0.2) is 4.79 Å². The number of aliphatic imine (C=N–C) groups is 1. The number of carbonyl (C=O) groups is 1. The number of amides is 1. The van der Waals surface area contributed by atoms with Crippen LogP contribution in [0.15, 0.2) is 4.99 Å². The number of hydrogen-bond acceptors (Lipinski definition) is 3. The zero-order valence-corrected chi connectivity index (χ0v) is 17.4. The molecule has 0 aromatic rings. The van der Waals surface area contributed by atoms with E-state index in [4.69, 9.17) is 10.5 Å². The van der Waals surface area contributed by atoms with E-state index in [-0.39, 0.29) is 24.0 Å². The highest BCUT2D eigenvalue weighted by atomic mass is 127. The highest BCUT2D eigenvalue weighted by Crippen LogP contribution is 2.06. The van der Waals surface area contributed by atoms with Gasteiger partial charge in [0.1, 0.15) is 5.60 Å². The van der Waals surface area contributed by atoms with Gasteiger partial charge in [-0.2, -0.15) is 0 Å². The van der Waals surface area contributed by atoms with E-state index >= 15 is 0 Å². The van der Waals surface area contributed by atoms with Crippen molar-refractivity contribution in [2.75, 3.05) is 19.6 Å². The van der Waals surface area contributed by atoms with Gasteiger partial charge < -0.3 is 21.1 Å². The maximum absolute atomic E-state index is 11.4. The third-order valence-corrected chi connectivity index (χ3v) is 2.89. The molecule has 0 spiro atoms.